The van der Waals surface area contributed by atoms with Gasteiger partial charge in [-0.2, -0.15) is 0 Å². The molecule has 3 heterocycles. The average Bonchev–Trinajstić information content (AvgIpc) is 3.52. The Labute approximate surface area is 289 Å². The highest BCUT2D eigenvalue weighted by molar-refractivity contribution is 6.39. The SMILES string of the molecule is COc1nc(-c2ccc(F)c(-c3c(F)ccc(NC(=O)c4cn(C)c(=O)n(C)c4=O)c3Cl)c2Cl)cc2c1C(N1CCN(C(C)=O)CC1)CC2. The molecule has 6 rings (SSSR count). The molecule has 2 amide bonds. The van der Waals surface area contributed by atoms with Crippen LogP contribution in [-0.2, 0) is 25.3 Å². The molecule has 2 aromatic heterocycles. The second-order valence-corrected chi connectivity index (χ2v) is 12.8. The number of carbonyl (C=O) groups is 2. The summed E-state index contributed by atoms with van der Waals surface area (Å²) >= 11 is 13.4. The summed E-state index contributed by atoms with van der Waals surface area (Å²) in [5.74, 6) is -2.25. The maximum absolute atomic E-state index is 15.6. The summed E-state index contributed by atoms with van der Waals surface area (Å²) in [5.41, 5.74) is -0.0939. The number of anilines is 1. The van der Waals surface area contributed by atoms with E-state index >= 15 is 8.78 Å². The van der Waals surface area contributed by atoms with E-state index in [0.29, 0.717) is 30.2 Å². The molecule has 15 heteroatoms. The maximum Gasteiger partial charge on any atom is 0.330 e. The number of benzene rings is 2. The molecule has 0 bridgehead atoms. The Morgan fingerprint density at radius 1 is 0.980 bits per heavy atom. The van der Waals surface area contributed by atoms with Crippen molar-refractivity contribution in [3.63, 3.8) is 0 Å². The Kier molecular flexibility index (Phi) is 9.36. The third-order valence-corrected chi connectivity index (χ3v) is 9.96. The molecule has 1 N–H and O–H groups in total. The topological polar surface area (TPSA) is 119 Å². The molecule has 1 fully saturated rings. The van der Waals surface area contributed by atoms with Gasteiger partial charge < -0.3 is 19.5 Å². The summed E-state index contributed by atoms with van der Waals surface area (Å²) in [4.78, 5) is 58.5. The van der Waals surface area contributed by atoms with Crippen LogP contribution < -0.4 is 21.3 Å². The number of amides is 2. The van der Waals surface area contributed by atoms with E-state index < -0.39 is 34.4 Å². The number of methoxy groups -OCH3 is 1. The number of carbonyl (C=O) groups excluding carboxylic acids is 2. The molecule has 1 atom stereocenters. The van der Waals surface area contributed by atoms with Crippen molar-refractivity contribution >= 4 is 40.7 Å². The molecule has 0 radical (unpaired) electrons. The Morgan fingerprint density at radius 2 is 1.63 bits per heavy atom. The quantitative estimate of drug-likeness (QED) is 0.305. The lowest BCUT2D eigenvalue weighted by Gasteiger charge is -2.38. The molecule has 1 unspecified atom stereocenters. The van der Waals surface area contributed by atoms with Crippen LogP contribution in [0.5, 0.6) is 5.88 Å². The van der Waals surface area contributed by atoms with Gasteiger partial charge in [0.2, 0.25) is 11.8 Å². The van der Waals surface area contributed by atoms with Gasteiger partial charge in [-0.05, 0) is 48.7 Å². The molecule has 1 aliphatic carbocycles. The Morgan fingerprint density at radius 3 is 2.29 bits per heavy atom. The minimum Gasteiger partial charge on any atom is -0.481 e. The predicted molar refractivity (Wildman–Crippen MR) is 181 cm³/mol. The predicted octanol–water partition coefficient (Wildman–Crippen LogP) is 4.81. The van der Waals surface area contributed by atoms with Crippen LogP contribution in [0, 0.1) is 11.6 Å². The van der Waals surface area contributed by atoms with Crippen LogP contribution >= 0.6 is 23.2 Å². The molecule has 0 spiro atoms. The number of aromatic nitrogens is 3. The van der Waals surface area contributed by atoms with Crippen molar-refractivity contribution in [3.05, 3.63) is 95.7 Å². The summed E-state index contributed by atoms with van der Waals surface area (Å²) < 4.78 is 38.7. The second-order valence-electron chi connectivity index (χ2n) is 12.0. The van der Waals surface area contributed by atoms with Gasteiger partial charge in [0, 0.05) is 81.7 Å². The third-order valence-electron chi connectivity index (χ3n) is 9.17. The third kappa shape index (κ3) is 6.11. The standard InChI is InChI=1S/C34H32Cl2F2N6O5/c1-17(45)43-11-13-44(14-12-43)25-10-5-18-15-24(40-32(49-4)26(18)25)19-6-7-21(37)27(29(19)35)28-22(38)8-9-23(30(28)36)39-31(46)20-16-41(2)34(48)42(3)33(20)47/h6-9,15-16,25H,5,10-14H2,1-4H3,(H,39,46). The van der Waals surface area contributed by atoms with Gasteiger partial charge in [0.05, 0.1) is 28.5 Å². The molecular weight excluding hydrogens is 681 g/mol. The van der Waals surface area contributed by atoms with E-state index in [1.807, 2.05) is 11.0 Å². The highest BCUT2D eigenvalue weighted by Gasteiger charge is 2.35. The van der Waals surface area contributed by atoms with E-state index in [-0.39, 0.29) is 38.8 Å². The van der Waals surface area contributed by atoms with Crippen molar-refractivity contribution in [3.8, 4) is 28.3 Å². The lowest BCUT2D eigenvalue weighted by atomic mass is 9.98. The Hall–Kier alpha value is -4.59. The number of halogens is 4. The highest BCUT2D eigenvalue weighted by atomic mass is 35.5. The molecule has 2 aliphatic rings. The molecule has 256 valence electrons. The van der Waals surface area contributed by atoms with Crippen molar-refractivity contribution < 1.29 is 23.1 Å². The van der Waals surface area contributed by atoms with Gasteiger partial charge in [0.25, 0.3) is 11.5 Å². The molecule has 11 nitrogen and oxygen atoms in total. The zero-order chi connectivity index (χ0) is 35.3. The molecule has 0 saturated carbocycles. The van der Waals surface area contributed by atoms with Crippen molar-refractivity contribution in [2.75, 3.05) is 38.6 Å². The van der Waals surface area contributed by atoms with Crippen LogP contribution in [0.4, 0.5) is 14.5 Å². The summed E-state index contributed by atoms with van der Waals surface area (Å²) in [6, 6.07) is 6.65. The number of rotatable bonds is 6. The molecule has 1 saturated heterocycles. The molecule has 4 aromatic rings. The average molecular weight is 714 g/mol. The fourth-order valence-electron chi connectivity index (χ4n) is 6.60. The molecule has 1 aliphatic heterocycles. The van der Waals surface area contributed by atoms with Crippen LogP contribution in [0.1, 0.15) is 40.9 Å². The van der Waals surface area contributed by atoms with E-state index in [9.17, 15) is 19.2 Å². The van der Waals surface area contributed by atoms with Crippen LogP contribution in [0.15, 0.2) is 46.1 Å². The van der Waals surface area contributed by atoms with Crippen molar-refractivity contribution in [2.24, 2.45) is 14.1 Å². The summed E-state index contributed by atoms with van der Waals surface area (Å²) in [6.07, 6.45) is 2.63. The lowest BCUT2D eigenvalue weighted by molar-refractivity contribution is -0.130. The number of nitrogens with one attached hydrogen (secondary N) is 1. The number of nitrogens with zero attached hydrogens (tertiary/aromatic N) is 5. The lowest BCUT2D eigenvalue weighted by Crippen LogP contribution is -2.48. The first-order chi connectivity index (χ1) is 23.3. The number of hydrogen-bond donors (Lipinski definition) is 1. The first-order valence-electron chi connectivity index (χ1n) is 15.4. The maximum atomic E-state index is 15.6. The van der Waals surface area contributed by atoms with E-state index in [0.717, 1.165) is 64.5 Å². The van der Waals surface area contributed by atoms with E-state index in [4.69, 9.17) is 32.9 Å². The first-order valence-corrected chi connectivity index (χ1v) is 16.2. The van der Waals surface area contributed by atoms with Crippen molar-refractivity contribution in [1.29, 1.82) is 0 Å². The van der Waals surface area contributed by atoms with E-state index in [2.05, 4.69) is 10.2 Å². The van der Waals surface area contributed by atoms with Crippen LogP contribution in [0.3, 0.4) is 0 Å². The second kappa shape index (κ2) is 13.4. The number of hydrogen-bond acceptors (Lipinski definition) is 7. The fourth-order valence-corrected chi connectivity index (χ4v) is 7.24. The molecule has 49 heavy (non-hydrogen) atoms. The van der Waals surface area contributed by atoms with Gasteiger partial charge in [-0.3, -0.25) is 23.9 Å². The minimum atomic E-state index is -0.913. The number of ether oxygens (including phenoxy) is 1. The zero-order valence-electron chi connectivity index (χ0n) is 27.1. The Bertz CT molecular complexity index is 2150. The van der Waals surface area contributed by atoms with Gasteiger partial charge in [0.15, 0.2) is 0 Å². The molecular formula is C34H32Cl2F2N6O5. The van der Waals surface area contributed by atoms with Crippen LogP contribution in [0.25, 0.3) is 22.4 Å². The van der Waals surface area contributed by atoms with Crippen molar-refractivity contribution in [2.45, 2.75) is 25.8 Å². The van der Waals surface area contributed by atoms with Gasteiger partial charge in [-0.1, -0.05) is 23.2 Å². The van der Waals surface area contributed by atoms with Gasteiger partial charge in [-0.15, -0.1) is 0 Å². The summed E-state index contributed by atoms with van der Waals surface area (Å²) in [7, 11) is 4.12. The number of aryl methyl sites for hydroxylation is 2. The largest absolute Gasteiger partial charge is 0.481 e. The van der Waals surface area contributed by atoms with Gasteiger partial charge in [0.1, 0.15) is 17.2 Å². The summed E-state index contributed by atoms with van der Waals surface area (Å²) in [6.45, 7) is 4.28. The van der Waals surface area contributed by atoms with Crippen LogP contribution in [-0.4, -0.2) is 69.0 Å². The van der Waals surface area contributed by atoms with Crippen molar-refractivity contribution in [1.82, 2.24) is 23.9 Å². The highest BCUT2D eigenvalue weighted by Crippen LogP contribution is 2.47. The van der Waals surface area contributed by atoms with Crippen LogP contribution in [0.2, 0.25) is 10.0 Å². The fraction of sp³-hybridized carbons (Fsp3) is 0.324. The molecule has 2 aromatic carbocycles. The number of fused-ring (bicyclic) bond motifs is 1. The Balaban J connectivity index is 1.36. The minimum absolute atomic E-state index is 0.0478. The number of piperazine rings is 1. The van der Waals surface area contributed by atoms with E-state index in [1.54, 1.807) is 6.92 Å². The normalized spacial score (nSPS) is 16.1. The van der Waals surface area contributed by atoms with Gasteiger partial charge >= 0.3 is 5.69 Å². The smallest absolute Gasteiger partial charge is 0.330 e. The first kappa shape index (κ1) is 34.3. The monoisotopic (exact) mass is 712 g/mol. The van der Waals surface area contributed by atoms with Gasteiger partial charge in [-0.25, -0.2) is 18.6 Å². The summed E-state index contributed by atoms with van der Waals surface area (Å²) in [5, 5.41) is 1.94. The number of pyridine rings is 1. The zero-order valence-corrected chi connectivity index (χ0v) is 28.6. The van der Waals surface area contributed by atoms with E-state index in [1.165, 1.54) is 33.3 Å².